The molecule has 0 radical (unpaired) electrons. The van der Waals surface area contributed by atoms with Gasteiger partial charge in [-0.2, -0.15) is 5.10 Å². The highest BCUT2D eigenvalue weighted by Gasteiger charge is 2.33. The number of nitrogens with zero attached hydrogens (tertiary/aromatic N) is 2. The van der Waals surface area contributed by atoms with Crippen LogP contribution >= 0.6 is 0 Å². The van der Waals surface area contributed by atoms with E-state index in [-0.39, 0.29) is 11.8 Å². The van der Waals surface area contributed by atoms with Gasteiger partial charge in [-0.15, -0.1) is 0 Å². The fraction of sp³-hybridized carbons (Fsp3) is 0.700. The second-order valence-electron chi connectivity index (χ2n) is 4.39. The summed E-state index contributed by atoms with van der Waals surface area (Å²) in [7, 11) is 0. The summed E-state index contributed by atoms with van der Waals surface area (Å²) < 4.78 is 5.42. The Kier molecular flexibility index (Phi) is 2.91. The predicted octanol–water partition coefficient (Wildman–Crippen LogP) is 0.500. The molecule has 1 saturated heterocycles. The van der Waals surface area contributed by atoms with Crippen LogP contribution in [0.1, 0.15) is 31.4 Å². The predicted molar refractivity (Wildman–Crippen MR) is 55.1 cm³/mol. The summed E-state index contributed by atoms with van der Waals surface area (Å²) >= 11 is 0. The molecule has 16 heavy (non-hydrogen) atoms. The van der Waals surface area contributed by atoms with Gasteiger partial charge < -0.3 is 9.84 Å². The number of H-pyrrole nitrogens is 1. The normalized spacial score (nSPS) is 25.6. The molecule has 1 aromatic heterocycles. The Hall–Kier alpha value is -1.43. The average Bonchev–Trinajstić information content (AvgIpc) is 2.67. The van der Waals surface area contributed by atoms with Crippen molar-refractivity contribution >= 4 is 5.97 Å². The van der Waals surface area contributed by atoms with Gasteiger partial charge in [-0.25, -0.2) is 4.98 Å². The smallest absolute Gasteiger partial charge is 0.311 e. The molecule has 1 aliphatic heterocycles. The SMILES string of the molecule is CC1(c2n[nH]c(CC(=O)O)n2)CCCOC1. The van der Waals surface area contributed by atoms with Gasteiger partial charge in [-0.1, -0.05) is 6.92 Å². The van der Waals surface area contributed by atoms with Gasteiger partial charge >= 0.3 is 5.97 Å². The van der Waals surface area contributed by atoms with Crippen LogP contribution in [0.2, 0.25) is 0 Å². The third-order valence-electron chi connectivity index (χ3n) is 2.83. The number of carboxylic acid groups (broad SMARTS) is 1. The Morgan fingerprint density at radius 1 is 1.69 bits per heavy atom. The summed E-state index contributed by atoms with van der Waals surface area (Å²) in [4.78, 5) is 14.7. The molecule has 6 heteroatoms. The lowest BCUT2D eigenvalue weighted by Gasteiger charge is -2.30. The first-order chi connectivity index (χ1) is 7.60. The van der Waals surface area contributed by atoms with Crippen LogP contribution in [0.4, 0.5) is 0 Å². The molecule has 1 fully saturated rings. The van der Waals surface area contributed by atoms with Crippen molar-refractivity contribution in [3.8, 4) is 0 Å². The fourth-order valence-electron chi connectivity index (χ4n) is 1.90. The van der Waals surface area contributed by atoms with E-state index in [1.54, 1.807) is 0 Å². The zero-order chi connectivity index (χ0) is 11.6. The highest BCUT2D eigenvalue weighted by atomic mass is 16.5. The number of aromatic amines is 1. The molecule has 6 nitrogen and oxygen atoms in total. The molecule has 1 aliphatic rings. The Bertz CT molecular complexity index is 382. The van der Waals surface area contributed by atoms with Gasteiger partial charge in [0.25, 0.3) is 0 Å². The first-order valence-corrected chi connectivity index (χ1v) is 5.31. The van der Waals surface area contributed by atoms with E-state index in [4.69, 9.17) is 9.84 Å². The molecule has 2 heterocycles. The minimum absolute atomic E-state index is 0.121. The van der Waals surface area contributed by atoms with Crippen molar-refractivity contribution in [1.82, 2.24) is 15.2 Å². The van der Waals surface area contributed by atoms with Crippen molar-refractivity contribution in [3.63, 3.8) is 0 Å². The quantitative estimate of drug-likeness (QED) is 0.782. The van der Waals surface area contributed by atoms with Crippen LogP contribution in [0.25, 0.3) is 0 Å². The van der Waals surface area contributed by atoms with E-state index in [0.717, 1.165) is 19.4 Å². The number of aromatic nitrogens is 3. The van der Waals surface area contributed by atoms with E-state index < -0.39 is 5.97 Å². The van der Waals surface area contributed by atoms with Gasteiger partial charge in [-0.3, -0.25) is 9.89 Å². The molecule has 1 unspecified atom stereocenters. The van der Waals surface area contributed by atoms with Crippen molar-refractivity contribution in [3.05, 3.63) is 11.6 Å². The van der Waals surface area contributed by atoms with E-state index in [9.17, 15) is 4.79 Å². The molecule has 0 bridgehead atoms. The van der Waals surface area contributed by atoms with E-state index >= 15 is 0 Å². The third kappa shape index (κ3) is 2.21. The summed E-state index contributed by atoms with van der Waals surface area (Å²) in [6.07, 6.45) is 1.83. The maximum absolute atomic E-state index is 10.5. The summed E-state index contributed by atoms with van der Waals surface area (Å²) in [6.45, 7) is 3.42. The minimum atomic E-state index is -0.909. The van der Waals surface area contributed by atoms with Gasteiger partial charge in [0, 0.05) is 6.61 Å². The van der Waals surface area contributed by atoms with Crippen molar-refractivity contribution in [1.29, 1.82) is 0 Å². The van der Waals surface area contributed by atoms with E-state index in [0.29, 0.717) is 18.3 Å². The molecule has 0 aliphatic carbocycles. The molecule has 1 atom stereocenters. The molecule has 0 spiro atoms. The first kappa shape index (κ1) is 11.1. The first-order valence-electron chi connectivity index (χ1n) is 5.31. The second kappa shape index (κ2) is 4.21. The lowest BCUT2D eigenvalue weighted by atomic mass is 9.84. The largest absolute Gasteiger partial charge is 0.481 e. The number of ether oxygens (including phenoxy) is 1. The number of carboxylic acids is 1. The molecule has 0 amide bonds. The maximum atomic E-state index is 10.5. The van der Waals surface area contributed by atoms with E-state index in [1.807, 2.05) is 6.92 Å². The molecular formula is C10H15N3O3. The van der Waals surface area contributed by atoms with Crippen molar-refractivity contribution < 1.29 is 14.6 Å². The minimum Gasteiger partial charge on any atom is -0.481 e. The maximum Gasteiger partial charge on any atom is 0.311 e. The van der Waals surface area contributed by atoms with Gasteiger partial charge in [0.15, 0.2) is 5.82 Å². The zero-order valence-electron chi connectivity index (χ0n) is 9.19. The summed E-state index contributed by atoms with van der Waals surface area (Å²) in [5.41, 5.74) is -0.189. The molecule has 0 aromatic carbocycles. The number of hydrogen-bond acceptors (Lipinski definition) is 4. The molecule has 1 aromatic rings. The number of carbonyl (C=O) groups is 1. The molecule has 88 valence electrons. The Balaban J connectivity index is 2.13. The lowest BCUT2D eigenvalue weighted by Crippen LogP contribution is -2.34. The Morgan fingerprint density at radius 3 is 3.12 bits per heavy atom. The van der Waals surface area contributed by atoms with Crippen LogP contribution in [0.3, 0.4) is 0 Å². The standard InChI is InChI=1S/C10H15N3O3/c1-10(3-2-4-16-6-10)9-11-7(12-13-9)5-8(14)15/h2-6H2,1H3,(H,14,15)(H,11,12,13). The van der Waals surface area contributed by atoms with Crippen molar-refractivity contribution in [2.75, 3.05) is 13.2 Å². The fourth-order valence-corrected chi connectivity index (χ4v) is 1.90. The highest BCUT2D eigenvalue weighted by Crippen LogP contribution is 2.29. The van der Waals surface area contributed by atoms with E-state index in [1.165, 1.54) is 0 Å². The van der Waals surface area contributed by atoms with Crippen LogP contribution < -0.4 is 0 Å². The summed E-state index contributed by atoms with van der Waals surface area (Å²) in [6, 6.07) is 0. The average molecular weight is 225 g/mol. The van der Waals surface area contributed by atoms with Gasteiger partial charge in [0.2, 0.25) is 0 Å². The molecular weight excluding hydrogens is 210 g/mol. The lowest BCUT2D eigenvalue weighted by molar-refractivity contribution is -0.136. The highest BCUT2D eigenvalue weighted by molar-refractivity contribution is 5.68. The monoisotopic (exact) mass is 225 g/mol. The van der Waals surface area contributed by atoms with Gasteiger partial charge in [0.05, 0.1) is 12.0 Å². The van der Waals surface area contributed by atoms with Gasteiger partial charge in [0.1, 0.15) is 12.2 Å². The zero-order valence-corrected chi connectivity index (χ0v) is 9.19. The van der Waals surface area contributed by atoms with Crippen LogP contribution in [0, 0.1) is 0 Å². The second-order valence-corrected chi connectivity index (χ2v) is 4.39. The van der Waals surface area contributed by atoms with Crippen LogP contribution in [-0.2, 0) is 21.4 Å². The van der Waals surface area contributed by atoms with Crippen LogP contribution in [0.15, 0.2) is 0 Å². The van der Waals surface area contributed by atoms with Crippen LogP contribution in [-0.4, -0.2) is 39.5 Å². The van der Waals surface area contributed by atoms with Crippen molar-refractivity contribution in [2.45, 2.75) is 31.6 Å². The Morgan fingerprint density at radius 2 is 2.50 bits per heavy atom. The number of hydrogen-bond donors (Lipinski definition) is 2. The number of aliphatic carboxylic acids is 1. The van der Waals surface area contributed by atoms with Crippen LogP contribution in [0.5, 0.6) is 0 Å². The summed E-state index contributed by atoms with van der Waals surface area (Å²) in [5.74, 6) is 0.144. The summed E-state index contributed by atoms with van der Waals surface area (Å²) in [5, 5.41) is 15.4. The Labute approximate surface area is 93.0 Å². The molecule has 2 N–H and O–H groups in total. The molecule has 2 rings (SSSR count). The topological polar surface area (TPSA) is 88.1 Å². The van der Waals surface area contributed by atoms with Crippen molar-refractivity contribution in [2.24, 2.45) is 0 Å². The van der Waals surface area contributed by atoms with Gasteiger partial charge in [-0.05, 0) is 12.8 Å². The number of rotatable bonds is 3. The number of nitrogens with one attached hydrogen (secondary N) is 1. The third-order valence-corrected chi connectivity index (χ3v) is 2.83. The molecule has 0 saturated carbocycles. The van der Waals surface area contributed by atoms with E-state index in [2.05, 4.69) is 15.2 Å².